The molecule has 0 amide bonds. The predicted octanol–water partition coefficient (Wildman–Crippen LogP) is 5.11. The SMILES string of the molecule is C=C[C@H]([C@H](O)CC/C(=C/c1ccc(O)cc1Cl)CC)[C@H](O)c1ccco1. The third kappa shape index (κ3) is 5.24. The fourth-order valence-electron chi connectivity index (χ4n) is 2.88. The first-order valence-corrected chi connectivity index (χ1v) is 9.04. The van der Waals surface area contributed by atoms with Crippen molar-refractivity contribution in [1.82, 2.24) is 0 Å². The first kappa shape index (κ1) is 20.3. The van der Waals surface area contributed by atoms with Gasteiger partial charge >= 0.3 is 0 Å². The normalized spacial score (nSPS) is 15.5. The van der Waals surface area contributed by atoms with Crippen molar-refractivity contribution in [2.45, 2.75) is 38.4 Å². The van der Waals surface area contributed by atoms with Gasteiger partial charge in [0, 0.05) is 5.92 Å². The van der Waals surface area contributed by atoms with Gasteiger partial charge in [-0.1, -0.05) is 36.2 Å². The Labute approximate surface area is 159 Å². The van der Waals surface area contributed by atoms with E-state index < -0.39 is 18.1 Å². The standard InChI is InChI=1S/C21H25ClO4/c1-3-14(12-15-8-9-16(23)13-18(15)22)7-10-19(24)17(4-2)21(25)20-6-5-11-26-20/h4-6,8-9,11-13,17,19,21,23-25H,2-3,7,10H2,1H3/b14-12+/t17-,19-,21+/m1/s1. The van der Waals surface area contributed by atoms with Crippen molar-refractivity contribution in [2.75, 3.05) is 0 Å². The number of phenolic OH excluding ortho intramolecular Hbond substituents is 1. The zero-order valence-corrected chi connectivity index (χ0v) is 15.6. The van der Waals surface area contributed by atoms with Crippen LogP contribution in [0.15, 0.2) is 59.2 Å². The lowest BCUT2D eigenvalue weighted by Crippen LogP contribution is -2.25. The van der Waals surface area contributed by atoms with Gasteiger partial charge < -0.3 is 19.7 Å². The molecule has 0 aliphatic heterocycles. The molecule has 0 fully saturated rings. The van der Waals surface area contributed by atoms with Gasteiger partial charge in [-0.15, -0.1) is 6.58 Å². The highest BCUT2D eigenvalue weighted by molar-refractivity contribution is 6.32. The lowest BCUT2D eigenvalue weighted by Gasteiger charge is -2.24. The maximum absolute atomic E-state index is 10.5. The Morgan fingerprint density at radius 1 is 1.31 bits per heavy atom. The van der Waals surface area contributed by atoms with Gasteiger partial charge in [-0.2, -0.15) is 0 Å². The monoisotopic (exact) mass is 376 g/mol. The Morgan fingerprint density at radius 3 is 2.65 bits per heavy atom. The molecule has 0 radical (unpaired) electrons. The molecule has 0 bridgehead atoms. The zero-order valence-electron chi connectivity index (χ0n) is 14.8. The van der Waals surface area contributed by atoms with Crippen LogP contribution in [-0.4, -0.2) is 21.4 Å². The quantitative estimate of drug-likeness (QED) is 0.532. The minimum absolute atomic E-state index is 0.126. The topological polar surface area (TPSA) is 73.8 Å². The van der Waals surface area contributed by atoms with Crippen LogP contribution in [0.5, 0.6) is 5.75 Å². The highest BCUT2D eigenvalue weighted by Gasteiger charge is 2.27. The molecule has 0 aliphatic carbocycles. The Hall–Kier alpha value is -2.01. The van der Waals surface area contributed by atoms with Crippen molar-refractivity contribution in [3.8, 4) is 5.75 Å². The maximum Gasteiger partial charge on any atom is 0.132 e. The minimum Gasteiger partial charge on any atom is -0.508 e. The number of allylic oxidation sites excluding steroid dienone is 1. The molecule has 0 aliphatic rings. The average Bonchev–Trinajstić information content (AvgIpc) is 3.15. The summed E-state index contributed by atoms with van der Waals surface area (Å²) in [4.78, 5) is 0. The summed E-state index contributed by atoms with van der Waals surface area (Å²) in [6.45, 7) is 5.77. The van der Waals surface area contributed by atoms with Gasteiger partial charge in [0.15, 0.2) is 0 Å². The van der Waals surface area contributed by atoms with Gasteiger partial charge in [0.1, 0.15) is 17.6 Å². The van der Waals surface area contributed by atoms with Gasteiger partial charge in [0.2, 0.25) is 0 Å². The van der Waals surface area contributed by atoms with Crippen molar-refractivity contribution in [2.24, 2.45) is 5.92 Å². The highest BCUT2D eigenvalue weighted by Crippen LogP contribution is 2.30. The van der Waals surface area contributed by atoms with Crippen LogP contribution in [0.4, 0.5) is 0 Å². The molecular formula is C21H25ClO4. The first-order chi connectivity index (χ1) is 12.5. The van der Waals surface area contributed by atoms with E-state index in [4.69, 9.17) is 16.0 Å². The van der Waals surface area contributed by atoms with E-state index in [1.54, 1.807) is 30.3 Å². The van der Waals surface area contributed by atoms with Gasteiger partial charge in [-0.05, 0) is 55.2 Å². The molecule has 0 unspecified atom stereocenters. The second-order valence-corrected chi connectivity index (χ2v) is 6.65. The number of benzene rings is 1. The Morgan fingerprint density at radius 2 is 2.08 bits per heavy atom. The van der Waals surface area contributed by atoms with E-state index in [2.05, 4.69) is 6.58 Å². The number of halogens is 1. The van der Waals surface area contributed by atoms with Crippen LogP contribution in [0.3, 0.4) is 0 Å². The lowest BCUT2D eigenvalue weighted by atomic mass is 9.90. The minimum atomic E-state index is -0.932. The molecule has 140 valence electrons. The molecule has 2 aromatic rings. The Balaban J connectivity index is 2.04. The summed E-state index contributed by atoms with van der Waals surface area (Å²) >= 11 is 6.15. The van der Waals surface area contributed by atoms with Crippen molar-refractivity contribution < 1.29 is 19.7 Å². The fraction of sp³-hybridized carbons (Fsp3) is 0.333. The van der Waals surface area contributed by atoms with E-state index in [-0.39, 0.29) is 5.75 Å². The van der Waals surface area contributed by atoms with Crippen LogP contribution in [0.2, 0.25) is 5.02 Å². The van der Waals surface area contributed by atoms with E-state index in [9.17, 15) is 15.3 Å². The number of aromatic hydroxyl groups is 1. The highest BCUT2D eigenvalue weighted by atomic mass is 35.5. The predicted molar refractivity (Wildman–Crippen MR) is 104 cm³/mol. The van der Waals surface area contributed by atoms with Gasteiger partial charge in [-0.25, -0.2) is 0 Å². The fourth-order valence-corrected chi connectivity index (χ4v) is 3.10. The third-order valence-electron chi connectivity index (χ3n) is 4.47. The zero-order chi connectivity index (χ0) is 19.1. The molecule has 1 aromatic heterocycles. The number of furan rings is 1. The summed E-state index contributed by atoms with van der Waals surface area (Å²) in [6, 6.07) is 8.23. The summed E-state index contributed by atoms with van der Waals surface area (Å²) in [7, 11) is 0. The van der Waals surface area contributed by atoms with Crippen molar-refractivity contribution >= 4 is 17.7 Å². The summed E-state index contributed by atoms with van der Waals surface area (Å²) in [5.74, 6) is 0.0222. The smallest absolute Gasteiger partial charge is 0.132 e. The molecule has 0 saturated heterocycles. The number of hydrogen-bond donors (Lipinski definition) is 3. The molecule has 1 heterocycles. The number of phenols is 1. The number of hydrogen-bond acceptors (Lipinski definition) is 4. The summed E-state index contributed by atoms with van der Waals surface area (Å²) in [5, 5.41) is 30.8. The van der Waals surface area contributed by atoms with Gasteiger partial charge in [0.25, 0.3) is 0 Å². The van der Waals surface area contributed by atoms with Gasteiger partial charge in [0.05, 0.1) is 17.4 Å². The molecular weight excluding hydrogens is 352 g/mol. The van der Waals surface area contributed by atoms with Crippen LogP contribution in [0.1, 0.15) is 43.6 Å². The molecule has 3 atom stereocenters. The molecule has 3 N–H and O–H groups in total. The molecule has 2 rings (SSSR count). The third-order valence-corrected chi connectivity index (χ3v) is 4.80. The number of rotatable bonds is 9. The second kappa shape index (κ2) is 9.62. The molecule has 0 saturated carbocycles. The summed E-state index contributed by atoms with van der Waals surface area (Å²) < 4.78 is 5.22. The molecule has 26 heavy (non-hydrogen) atoms. The summed E-state index contributed by atoms with van der Waals surface area (Å²) in [5.41, 5.74) is 1.94. The van der Waals surface area contributed by atoms with E-state index in [0.717, 1.165) is 17.6 Å². The van der Waals surface area contributed by atoms with E-state index in [0.29, 0.717) is 23.6 Å². The van der Waals surface area contributed by atoms with Crippen LogP contribution in [0.25, 0.3) is 6.08 Å². The Bertz CT molecular complexity index is 736. The van der Waals surface area contributed by atoms with Crippen LogP contribution < -0.4 is 0 Å². The summed E-state index contributed by atoms with van der Waals surface area (Å²) in [6.07, 6.45) is 5.28. The lowest BCUT2D eigenvalue weighted by molar-refractivity contribution is 0.0208. The van der Waals surface area contributed by atoms with Crippen LogP contribution in [-0.2, 0) is 0 Å². The number of aliphatic hydroxyl groups is 2. The largest absolute Gasteiger partial charge is 0.508 e. The first-order valence-electron chi connectivity index (χ1n) is 8.66. The average molecular weight is 377 g/mol. The maximum atomic E-state index is 10.5. The van der Waals surface area contributed by atoms with Crippen molar-refractivity contribution in [1.29, 1.82) is 0 Å². The molecule has 1 aromatic carbocycles. The molecule has 4 nitrogen and oxygen atoms in total. The van der Waals surface area contributed by atoms with Gasteiger partial charge in [-0.3, -0.25) is 0 Å². The molecule has 0 spiro atoms. The molecule has 5 heteroatoms. The van der Waals surface area contributed by atoms with E-state index >= 15 is 0 Å². The van der Waals surface area contributed by atoms with Crippen LogP contribution >= 0.6 is 11.6 Å². The van der Waals surface area contributed by atoms with Crippen molar-refractivity contribution in [3.63, 3.8) is 0 Å². The van der Waals surface area contributed by atoms with E-state index in [1.807, 2.05) is 13.0 Å². The second-order valence-electron chi connectivity index (χ2n) is 6.24. The van der Waals surface area contributed by atoms with E-state index in [1.165, 1.54) is 12.3 Å². The number of aliphatic hydroxyl groups excluding tert-OH is 2. The Kier molecular flexibility index (Phi) is 7.51. The van der Waals surface area contributed by atoms with Crippen molar-refractivity contribution in [3.05, 3.63) is 71.2 Å². The van der Waals surface area contributed by atoms with Crippen LogP contribution in [0, 0.1) is 5.92 Å².